The summed E-state index contributed by atoms with van der Waals surface area (Å²) in [6.45, 7) is 1.20. The molecular formula is C9H15N3. The molecule has 66 valence electrons. The summed E-state index contributed by atoms with van der Waals surface area (Å²) >= 11 is 0. The number of rotatable bonds is 1. The van der Waals surface area contributed by atoms with Gasteiger partial charge in [0.2, 0.25) is 0 Å². The van der Waals surface area contributed by atoms with Gasteiger partial charge in [-0.25, -0.2) is 0 Å². The first-order chi connectivity index (χ1) is 5.88. The van der Waals surface area contributed by atoms with E-state index in [-0.39, 0.29) is 0 Å². The van der Waals surface area contributed by atoms with Crippen LogP contribution < -0.4 is 0 Å². The molecule has 12 heavy (non-hydrogen) atoms. The number of hydrogen-bond donors (Lipinski definition) is 0. The molecule has 1 fully saturated rings. The Bertz CT molecular complexity index is 230. The first-order valence-corrected chi connectivity index (χ1v) is 4.57. The lowest BCUT2D eigenvalue weighted by atomic mass is 10.1. The van der Waals surface area contributed by atoms with Crippen molar-refractivity contribution in [3.63, 3.8) is 0 Å². The van der Waals surface area contributed by atoms with Gasteiger partial charge in [-0.2, -0.15) is 5.10 Å². The lowest BCUT2D eigenvalue weighted by Gasteiger charge is -2.32. The van der Waals surface area contributed by atoms with Crippen LogP contribution in [0.25, 0.3) is 0 Å². The largest absolute Gasteiger partial charge is 0.285 e. The van der Waals surface area contributed by atoms with Gasteiger partial charge in [-0.05, 0) is 38.9 Å². The highest BCUT2D eigenvalue weighted by Gasteiger charge is 2.19. The monoisotopic (exact) mass is 165 g/mol. The Hall–Kier alpha value is -0.830. The molecule has 1 aromatic rings. The Morgan fingerprint density at radius 1 is 1.42 bits per heavy atom. The van der Waals surface area contributed by atoms with Crippen LogP contribution in [0.4, 0.5) is 0 Å². The van der Waals surface area contributed by atoms with Crippen LogP contribution in [0.2, 0.25) is 0 Å². The fraction of sp³-hybridized carbons (Fsp3) is 0.667. The summed E-state index contributed by atoms with van der Waals surface area (Å²) in [5.41, 5.74) is 0. The van der Waals surface area contributed by atoms with E-state index in [2.05, 4.69) is 21.7 Å². The number of likely N-dealkylation sites (tertiary alicyclic amines) is 1. The molecule has 0 radical (unpaired) electrons. The van der Waals surface area contributed by atoms with Crippen molar-refractivity contribution in [2.24, 2.45) is 0 Å². The predicted molar refractivity (Wildman–Crippen MR) is 47.7 cm³/mol. The molecule has 1 unspecified atom stereocenters. The molecule has 2 heterocycles. The van der Waals surface area contributed by atoms with Gasteiger partial charge in [-0.1, -0.05) is 0 Å². The summed E-state index contributed by atoms with van der Waals surface area (Å²) < 4.78 is 2.05. The van der Waals surface area contributed by atoms with E-state index in [1.54, 1.807) is 0 Å². The van der Waals surface area contributed by atoms with Crippen LogP contribution in [0.15, 0.2) is 18.5 Å². The lowest BCUT2D eigenvalue weighted by molar-refractivity contribution is 0.115. The van der Waals surface area contributed by atoms with E-state index in [9.17, 15) is 0 Å². The van der Waals surface area contributed by atoms with Crippen molar-refractivity contribution < 1.29 is 0 Å². The minimum Gasteiger partial charge on any atom is -0.285 e. The summed E-state index contributed by atoms with van der Waals surface area (Å²) in [6.07, 6.45) is 8.28. The molecule has 1 aromatic heterocycles. The van der Waals surface area contributed by atoms with Gasteiger partial charge in [0.1, 0.15) is 6.17 Å². The normalized spacial score (nSPS) is 25.9. The molecular weight excluding hydrogens is 150 g/mol. The van der Waals surface area contributed by atoms with Gasteiger partial charge in [-0.15, -0.1) is 0 Å². The summed E-state index contributed by atoms with van der Waals surface area (Å²) in [4.78, 5) is 2.37. The van der Waals surface area contributed by atoms with Crippen LogP contribution in [0, 0.1) is 0 Å². The molecule has 0 aliphatic carbocycles. The molecule has 0 N–H and O–H groups in total. The molecule has 0 spiro atoms. The van der Waals surface area contributed by atoms with Crippen LogP contribution in [0.5, 0.6) is 0 Å². The van der Waals surface area contributed by atoms with E-state index in [4.69, 9.17) is 0 Å². The van der Waals surface area contributed by atoms with Crippen molar-refractivity contribution in [2.75, 3.05) is 13.6 Å². The van der Waals surface area contributed by atoms with Crippen LogP contribution >= 0.6 is 0 Å². The third-order valence-corrected chi connectivity index (χ3v) is 2.56. The smallest absolute Gasteiger partial charge is 0.104 e. The zero-order valence-electron chi connectivity index (χ0n) is 7.48. The van der Waals surface area contributed by atoms with Gasteiger partial charge in [0, 0.05) is 12.4 Å². The second-order valence-electron chi connectivity index (χ2n) is 3.44. The highest BCUT2D eigenvalue weighted by atomic mass is 15.4. The van der Waals surface area contributed by atoms with Gasteiger partial charge in [0.05, 0.1) is 0 Å². The van der Waals surface area contributed by atoms with Crippen molar-refractivity contribution in [3.8, 4) is 0 Å². The maximum absolute atomic E-state index is 4.27. The minimum atomic E-state index is 0.494. The zero-order chi connectivity index (χ0) is 8.39. The van der Waals surface area contributed by atoms with Crippen LogP contribution in [-0.2, 0) is 0 Å². The molecule has 1 saturated heterocycles. The van der Waals surface area contributed by atoms with Gasteiger partial charge in [-0.3, -0.25) is 9.58 Å². The summed E-state index contributed by atoms with van der Waals surface area (Å²) in [5.74, 6) is 0. The topological polar surface area (TPSA) is 21.1 Å². The molecule has 1 aliphatic heterocycles. The highest BCUT2D eigenvalue weighted by molar-refractivity contribution is 4.82. The number of hydrogen-bond acceptors (Lipinski definition) is 2. The van der Waals surface area contributed by atoms with Crippen molar-refractivity contribution >= 4 is 0 Å². The third-order valence-electron chi connectivity index (χ3n) is 2.56. The molecule has 1 atom stereocenters. The lowest BCUT2D eigenvalue weighted by Crippen LogP contribution is -2.33. The standard InChI is InChI=1S/C9H15N3/c1-11-7-3-2-5-9(11)12-8-4-6-10-12/h4,6,8-9H,2-3,5,7H2,1H3. The predicted octanol–water partition coefficient (Wildman–Crippen LogP) is 1.50. The van der Waals surface area contributed by atoms with E-state index in [0.717, 1.165) is 0 Å². The van der Waals surface area contributed by atoms with Crippen molar-refractivity contribution in [2.45, 2.75) is 25.4 Å². The molecule has 0 bridgehead atoms. The maximum Gasteiger partial charge on any atom is 0.104 e. The SMILES string of the molecule is CN1CCCCC1n1cccn1. The van der Waals surface area contributed by atoms with Crippen LogP contribution in [-0.4, -0.2) is 28.3 Å². The average molecular weight is 165 g/mol. The van der Waals surface area contributed by atoms with Crippen molar-refractivity contribution in [1.82, 2.24) is 14.7 Å². The first-order valence-electron chi connectivity index (χ1n) is 4.57. The Balaban J connectivity index is 2.11. The zero-order valence-corrected chi connectivity index (χ0v) is 7.48. The average Bonchev–Trinajstić information content (AvgIpc) is 2.57. The first kappa shape index (κ1) is 7.80. The van der Waals surface area contributed by atoms with E-state index in [1.165, 1.54) is 25.8 Å². The Labute approximate surface area is 73.0 Å². The molecule has 0 saturated carbocycles. The summed E-state index contributed by atoms with van der Waals surface area (Å²) in [5, 5.41) is 4.27. The van der Waals surface area contributed by atoms with Crippen LogP contribution in [0.1, 0.15) is 25.4 Å². The van der Waals surface area contributed by atoms with E-state index in [1.807, 2.05) is 18.5 Å². The number of piperidine rings is 1. The Kier molecular flexibility index (Phi) is 2.13. The molecule has 2 rings (SSSR count). The molecule has 3 heteroatoms. The number of nitrogens with zero attached hydrogens (tertiary/aromatic N) is 3. The third kappa shape index (κ3) is 1.37. The van der Waals surface area contributed by atoms with Crippen LogP contribution in [0.3, 0.4) is 0 Å². The second kappa shape index (κ2) is 3.27. The van der Waals surface area contributed by atoms with E-state index >= 15 is 0 Å². The molecule has 1 aliphatic rings. The number of aromatic nitrogens is 2. The quantitative estimate of drug-likeness (QED) is 0.628. The molecule has 0 amide bonds. The van der Waals surface area contributed by atoms with E-state index in [0.29, 0.717) is 6.17 Å². The van der Waals surface area contributed by atoms with E-state index < -0.39 is 0 Å². The summed E-state index contributed by atoms with van der Waals surface area (Å²) in [6, 6.07) is 1.99. The molecule has 0 aromatic carbocycles. The van der Waals surface area contributed by atoms with Gasteiger partial charge in [0.15, 0.2) is 0 Å². The minimum absolute atomic E-state index is 0.494. The van der Waals surface area contributed by atoms with Gasteiger partial charge in [0.25, 0.3) is 0 Å². The van der Waals surface area contributed by atoms with Crippen molar-refractivity contribution in [1.29, 1.82) is 0 Å². The fourth-order valence-corrected chi connectivity index (χ4v) is 1.85. The molecule has 3 nitrogen and oxygen atoms in total. The van der Waals surface area contributed by atoms with Crippen molar-refractivity contribution in [3.05, 3.63) is 18.5 Å². The van der Waals surface area contributed by atoms with Gasteiger partial charge < -0.3 is 0 Å². The van der Waals surface area contributed by atoms with Gasteiger partial charge >= 0.3 is 0 Å². The Morgan fingerprint density at radius 2 is 2.33 bits per heavy atom. The highest BCUT2D eigenvalue weighted by Crippen LogP contribution is 2.22. The second-order valence-corrected chi connectivity index (χ2v) is 3.44. The fourth-order valence-electron chi connectivity index (χ4n) is 1.85. The Morgan fingerprint density at radius 3 is 3.00 bits per heavy atom. The summed E-state index contributed by atoms with van der Waals surface area (Å²) in [7, 11) is 2.17. The maximum atomic E-state index is 4.27.